The Kier molecular flexibility index (Phi) is 25.2. The molecule has 0 atom stereocenters. The molecule has 1 N–H and O–H groups in total. The van der Waals surface area contributed by atoms with E-state index in [4.69, 9.17) is 37.9 Å². The summed E-state index contributed by atoms with van der Waals surface area (Å²) in [6.07, 6.45) is 0.297. The van der Waals surface area contributed by atoms with E-state index in [0.717, 1.165) is 0 Å². The van der Waals surface area contributed by atoms with Crippen LogP contribution in [0.2, 0.25) is 0 Å². The van der Waals surface area contributed by atoms with Crippen LogP contribution >= 0.6 is 0 Å². The zero-order chi connectivity index (χ0) is 25.1. The maximum atomic E-state index is 11.9. The Bertz CT molecular complexity index is 430. The van der Waals surface area contributed by atoms with Gasteiger partial charge in [-0.15, -0.1) is 0 Å². The van der Waals surface area contributed by atoms with Gasteiger partial charge in [0.15, 0.2) is 0 Å². The minimum atomic E-state index is -0.367. The van der Waals surface area contributed by atoms with Gasteiger partial charge in [-0.05, 0) is 0 Å². The van der Waals surface area contributed by atoms with E-state index in [1.54, 1.807) is 14.2 Å². The van der Waals surface area contributed by atoms with Gasteiger partial charge in [-0.25, -0.2) is 0 Å². The monoisotopic (exact) mass is 497 g/mol. The molecule has 0 radical (unpaired) electrons. The van der Waals surface area contributed by atoms with Gasteiger partial charge < -0.3 is 43.0 Å². The standard InChI is InChI=1S/C22H43NO11/c1-27-9-11-29-13-15-31-17-19-33-21(25)3-5-23(7-8-24)6-4-22(26)34-20-18-32-16-14-30-12-10-28-2/h24H,3-20H2,1-2H3. The van der Waals surface area contributed by atoms with Gasteiger partial charge in [-0.3, -0.25) is 14.5 Å². The first-order valence-corrected chi connectivity index (χ1v) is 11.6. The molecular weight excluding hydrogens is 454 g/mol. The average molecular weight is 498 g/mol. The second-order valence-corrected chi connectivity index (χ2v) is 6.94. The summed E-state index contributed by atoms with van der Waals surface area (Å²) < 4.78 is 41.1. The molecule has 202 valence electrons. The normalized spacial score (nSPS) is 11.2. The third-order valence-electron chi connectivity index (χ3n) is 4.27. The summed E-state index contributed by atoms with van der Waals surface area (Å²) in [6.45, 7) is 5.72. The molecule has 0 spiro atoms. The van der Waals surface area contributed by atoms with E-state index in [1.165, 1.54) is 0 Å². The van der Waals surface area contributed by atoms with Crippen LogP contribution in [0.25, 0.3) is 0 Å². The first-order chi connectivity index (χ1) is 16.6. The van der Waals surface area contributed by atoms with Crippen molar-refractivity contribution in [1.29, 1.82) is 0 Å². The van der Waals surface area contributed by atoms with Gasteiger partial charge in [-0.1, -0.05) is 0 Å². The van der Waals surface area contributed by atoms with Crippen molar-refractivity contribution in [2.45, 2.75) is 12.8 Å². The topological polar surface area (TPSA) is 131 Å². The number of esters is 2. The van der Waals surface area contributed by atoms with Gasteiger partial charge in [0.1, 0.15) is 13.2 Å². The Hall–Kier alpha value is -1.38. The average Bonchev–Trinajstić information content (AvgIpc) is 2.83. The molecule has 34 heavy (non-hydrogen) atoms. The molecule has 0 bridgehead atoms. The van der Waals surface area contributed by atoms with E-state index >= 15 is 0 Å². The molecule has 0 aliphatic rings. The third-order valence-corrected chi connectivity index (χ3v) is 4.27. The van der Waals surface area contributed by atoms with Crippen molar-refractivity contribution in [3.05, 3.63) is 0 Å². The van der Waals surface area contributed by atoms with Crippen LogP contribution in [0.1, 0.15) is 12.8 Å². The number of carbonyl (C=O) groups is 2. The number of methoxy groups -OCH3 is 2. The lowest BCUT2D eigenvalue weighted by atomic mass is 10.3. The highest BCUT2D eigenvalue weighted by Gasteiger charge is 2.12. The largest absolute Gasteiger partial charge is 0.463 e. The second kappa shape index (κ2) is 26.2. The summed E-state index contributed by atoms with van der Waals surface area (Å²) in [6, 6.07) is 0. The predicted molar refractivity (Wildman–Crippen MR) is 122 cm³/mol. The smallest absolute Gasteiger partial charge is 0.307 e. The van der Waals surface area contributed by atoms with E-state index in [0.29, 0.717) is 72.5 Å². The van der Waals surface area contributed by atoms with E-state index in [1.807, 2.05) is 4.90 Å². The molecule has 0 aliphatic carbocycles. The Morgan fingerprint density at radius 2 is 0.912 bits per heavy atom. The van der Waals surface area contributed by atoms with Crippen molar-refractivity contribution in [3.8, 4) is 0 Å². The number of hydrogen-bond acceptors (Lipinski definition) is 12. The zero-order valence-corrected chi connectivity index (χ0v) is 20.7. The van der Waals surface area contributed by atoms with Crippen molar-refractivity contribution in [2.24, 2.45) is 0 Å². The maximum Gasteiger partial charge on any atom is 0.307 e. The first-order valence-electron chi connectivity index (χ1n) is 11.6. The molecule has 0 aliphatic heterocycles. The van der Waals surface area contributed by atoms with Crippen LogP contribution in [-0.4, -0.2) is 142 Å². The molecule has 0 aromatic rings. The van der Waals surface area contributed by atoms with Crippen molar-refractivity contribution in [1.82, 2.24) is 4.90 Å². The molecule has 12 heteroatoms. The fourth-order valence-electron chi connectivity index (χ4n) is 2.48. The summed E-state index contributed by atoms with van der Waals surface area (Å²) in [5.41, 5.74) is 0. The molecule has 0 saturated heterocycles. The molecule has 0 rings (SSSR count). The SMILES string of the molecule is COCCOCCOCCOC(=O)CCN(CCO)CCC(=O)OCCOCCOCCOC. The number of aliphatic hydroxyl groups is 1. The highest BCUT2D eigenvalue weighted by molar-refractivity contribution is 5.70. The molecule has 0 fully saturated rings. The van der Waals surface area contributed by atoms with Gasteiger partial charge in [-0.2, -0.15) is 0 Å². The number of ether oxygens (including phenoxy) is 8. The fraction of sp³-hybridized carbons (Fsp3) is 0.909. The summed E-state index contributed by atoms with van der Waals surface area (Å²) in [4.78, 5) is 25.6. The first kappa shape index (κ1) is 32.6. The Morgan fingerprint density at radius 1 is 0.559 bits per heavy atom. The Morgan fingerprint density at radius 3 is 1.26 bits per heavy atom. The van der Waals surface area contributed by atoms with Crippen LogP contribution in [0.5, 0.6) is 0 Å². The van der Waals surface area contributed by atoms with Gasteiger partial charge >= 0.3 is 11.9 Å². The fourth-order valence-corrected chi connectivity index (χ4v) is 2.48. The number of hydrogen-bond donors (Lipinski definition) is 1. The molecule has 0 aromatic carbocycles. The van der Waals surface area contributed by atoms with E-state index in [9.17, 15) is 14.7 Å². The molecule has 12 nitrogen and oxygen atoms in total. The van der Waals surface area contributed by atoms with Crippen LogP contribution in [0, 0.1) is 0 Å². The van der Waals surface area contributed by atoms with Gasteiger partial charge in [0.2, 0.25) is 0 Å². The number of rotatable bonds is 26. The minimum absolute atomic E-state index is 0.0787. The zero-order valence-electron chi connectivity index (χ0n) is 20.7. The third kappa shape index (κ3) is 23.8. The van der Waals surface area contributed by atoms with Crippen LogP contribution in [0.3, 0.4) is 0 Å². The van der Waals surface area contributed by atoms with Crippen molar-refractivity contribution in [2.75, 3.05) is 120 Å². The van der Waals surface area contributed by atoms with E-state index in [2.05, 4.69) is 0 Å². The quantitative estimate of drug-likeness (QED) is 0.122. The lowest BCUT2D eigenvalue weighted by Gasteiger charge is -2.20. The highest BCUT2D eigenvalue weighted by atomic mass is 16.6. The van der Waals surface area contributed by atoms with Crippen LogP contribution in [-0.2, 0) is 47.5 Å². The Labute approximate surface area is 202 Å². The minimum Gasteiger partial charge on any atom is -0.463 e. The van der Waals surface area contributed by atoms with Crippen molar-refractivity contribution >= 4 is 11.9 Å². The lowest BCUT2D eigenvalue weighted by Crippen LogP contribution is -2.32. The van der Waals surface area contributed by atoms with Gasteiger partial charge in [0.05, 0.1) is 85.5 Å². The highest BCUT2D eigenvalue weighted by Crippen LogP contribution is 1.98. The van der Waals surface area contributed by atoms with E-state index < -0.39 is 0 Å². The molecule has 0 heterocycles. The van der Waals surface area contributed by atoms with Gasteiger partial charge in [0.25, 0.3) is 0 Å². The number of carbonyl (C=O) groups excluding carboxylic acids is 2. The molecule has 0 unspecified atom stereocenters. The Balaban J connectivity index is 3.71. The molecule has 0 aromatic heterocycles. The molecule has 0 amide bonds. The van der Waals surface area contributed by atoms with Crippen LogP contribution < -0.4 is 0 Å². The predicted octanol–water partition coefficient (Wildman–Crippen LogP) is -0.493. The summed E-state index contributed by atoms with van der Waals surface area (Å²) in [5, 5.41) is 9.21. The van der Waals surface area contributed by atoms with E-state index in [-0.39, 0.29) is 57.8 Å². The molecular formula is C22H43NO11. The summed E-state index contributed by atoms with van der Waals surface area (Å²) in [7, 11) is 3.21. The summed E-state index contributed by atoms with van der Waals surface area (Å²) >= 11 is 0. The van der Waals surface area contributed by atoms with Crippen LogP contribution in [0.15, 0.2) is 0 Å². The van der Waals surface area contributed by atoms with Crippen molar-refractivity contribution in [3.63, 3.8) is 0 Å². The second-order valence-electron chi connectivity index (χ2n) is 6.94. The van der Waals surface area contributed by atoms with Crippen molar-refractivity contribution < 1.29 is 52.6 Å². The number of nitrogens with zero attached hydrogens (tertiary/aromatic N) is 1. The number of aliphatic hydroxyl groups excluding tert-OH is 1. The summed E-state index contributed by atoms with van der Waals surface area (Å²) in [5.74, 6) is -0.734. The van der Waals surface area contributed by atoms with Gasteiger partial charge in [0, 0.05) is 33.9 Å². The molecule has 0 saturated carbocycles. The van der Waals surface area contributed by atoms with Crippen LogP contribution in [0.4, 0.5) is 0 Å². The lowest BCUT2D eigenvalue weighted by molar-refractivity contribution is -0.145. The maximum absolute atomic E-state index is 11.9.